The van der Waals surface area contributed by atoms with Crippen molar-refractivity contribution in [2.75, 3.05) is 5.73 Å². The third kappa shape index (κ3) is 5.19. The van der Waals surface area contributed by atoms with E-state index < -0.39 is 0 Å². The Morgan fingerprint density at radius 2 is 1.18 bits per heavy atom. The van der Waals surface area contributed by atoms with Crippen LogP contribution in [-0.2, 0) is 0 Å². The van der Waals surface area contributed by atoms with Gasteiger partial charge in [0.05, 0.1) is 16.9 Å². The van der Waals surface area contributed by atoms with Crippen molar-refractivity contribution in [3.63, 3.8) is 0 Å². The summed E-state index contributed by atoms with van der Waals surface area (Å²) in [4.78, 5) is 0. The number of anilines is 1. The van der Waals surface area contributed by atoms with E-state index in [4.69, 9.17) is 5.73 Å². The Bertz CT molecular complexity index is 2630. The number of nitrogens with two attached hydrogens (primary N) is 1. The van der Waals surface area contributed by atoms with Crippen LogP contribution in [0.1, 0.15) is 31.0 Å². The second kappa shape index (κ2) is 12.8. The molecule has 7 aromatic carbocycles. The molecule has 9 rings (SSSR count). The van der Waals surface area contributed by atoms with Gasteiger partial charge in [0.15, 0.2) is 0 Å². The van der Waals surface area contributed by atoms with Crippen LogP contribution in [0.15, 0.2) is 170 Å². The van der Waals surface area contributed by atoms with Gasteiger partial charge in [-0.1, -0.05) is 140 Å². The molecule has 0 unspecified atom stereocenters. The Balaban J connectivity index is 1.28. The smallest absolute Gasteiger partial charge is 0.0695 e. The predicted octanol–water partition coefficient (Wildman–Crippen LogP) is 13.3. The molecule has 0 amide bonds. The van der Waals surface area contributed by atoms with E-state index in [2.05, 4.69) is 174 Å². The molecule has 0 spiro atoms. The van der Waals surface area contributed by atoms with Crippen LogP contribution in [-0.4, -0.2) is 4.57 Å². The fourth-order valence-electron chi connectivity index (χ4n) is 8.04. The monoisotopic (exact) mass is 654 g/mol. The molecular weight excluding hydrogens is 617 g/mol. The zero-order valence-electron chi connectivity index (χ0n) is 28.7. The van der Waals surface area contributed by atoms with E-state index in [1.807, 2.05) is 13.0 Å². The highest BCUT2D eigenvalue weighted by atomic mass is 15.0. The number of para-hydroxylation sites is 1. The number of benzene rings is 7. The minimum atomic E-state index is 0.785. The summed E-state index contributed by atoms with van der Waals surface area (Å²) in [6.07, 6.45) is 13.3. The van der Waals surface area contributed by atoms with Crippen LogP contribution >= 0.6 is 0 Å². The van der Waals surface area contributed by atoms with Crippen LogP contribution in [0.5, 0.6) is 0 Å². The second-order valence-electron chi connectivity index (χ2n) is 13.3. The van der Waals surface area contributed by atoms with Crippen LogP contribution < -0.4 is 5.73 Å². The van der Waals surface area contributed by atoms with Gasteiger partial charge in [0.2, 0.25) is 0 Å². The van der Waals surface area contributed by atoms with Gasteiger partial charge in [-0.25, -0.2) is 0 Å². The number of aromatic nitrogens is 1. The standard InChI is InChI=1S/C49H38N2/c1-2-16-46-49(50)44-31-35(28-30-45(44)51(46)37-21-10-5-11-22-37)38-29-27-36(32-43(38)33-17-6-3-7-18-33)48-41-25-14-12-23-39(41)47(34-19-8-4-9-20-34)40-24-13-15-26-42(40)48/h2-3,5-8,10-32H,4,9,50H2,1H3/b16-2-. The van der Waals surface area contributed by atoms with E-state index in [-0.39, 0.29) is 0 Å². The predicted molar refractivity (Wildman–Crippen MR) is 220 cm³/mol. The Kier molecular flexibility index (Phi) is 7.71. The zero-order chi connectivity index (χ0) is 34.3. The molecule has 1 aliphatic carbocycles. The van der Waals surface area contributed by atoms with Crippen LogP contribution in [0.2, 0.25) is 0 Å². The average Bonchev–Trinajstić information content (AvgIpc) is 3.47. The number of rotatable bonds is 6. The number of fused-ring (bicyclic) bond motifs is 3. The number of hydrogen-bond donors (Lipinski definition) is 1. The molecule has 0 atom stereocenters. The van der Waals surface area contributed by atoms with Gasteiger partial charge >= 0.3 is 0 Å². The maximum Gasteiger partial charge on any atom is 0.0695 e. The van der Waals surface area contributed by atoms with E-state index in [9.17, 15) is 0 Å². The quantitative estimate of drug-likeness (QED) is 0.178. The molecule has 2 N–H and O–H groups in total. The Morgan fingerprint density at radius 1 is 0.549 bits per heavy atom. The minimum Gasteiger partial charge on any atom is -0.396 e. The molecular formula is C49H38N2. The third-order valence-electron chi connectivity index (χ3n) is 10.3. The van der Waals surface area contributed by atoms with E-state index in [1.165, 1.54) is 60.5 Å². The van der Waals surface area contributed by atoms with Crippen molar-refractivity contribution in [1.29, 1.82) is 0 Å². The fourth-order valence-corrected chi connectivity index (χ4v) is 8.04. The fraction of sp³-hybridized carbons (Fsp3) is 0.0612. The van der Waals surface area contributed by atoms with Crippen LogP contribution in [0, 0.1) is 0 Å². The second-order valence-corrected chi connectivity index (χ2v) is 13.3. The molecule has 0 bridgehead atoms. The van der Waals surface area contributed by atoms with Crippen LogP contribution in [0.25, 0.3) is 83.2 Å². The molecule has 1 aromatic heterocycles. The highest BCUT2D eigenvalue weighted by molar-refractivity contribution is 6.19. The van der Waals surface area contributed by atoms with Gasteiger partial charge in [0.1, 0.15) is 0 Å². The van der Waals surface area contributed by atoms with Crippen molar-refractivity contribution < 1.29 is 0 Å². The maximum absolute atomic E-state index is 6.95. The number of nitrogens with zero attached hydrogens (tertiary/aromatic N) is 1. The van der Waals surface area contributed by atoms with Crippen molar-refractivity contribution in [2.24, 2.45) is 0 Å². The highest BCUT2D eigenvalue weighted by Gasteiger charge is 2.20. The summed E-state index contributed by atoms with van der Waals surface area (Å²) in [5, 5.41) is 6.16. The first-order chi connectivity index (χ1) is 25.2. The first kappa shape index (κ1) is 30.7. The topological polar surface area (TPSA) is 30.9 Å². The first-order valence-corrected chi connectivity index (χ1v) is 17.8. The summed E-state index contributed by atoms with van der Waals surface area (Å²) in [7, 11) is 0. The Morgan fingerprint density at radius 3 is 1.82 bits per heavy atom. The molecule has 8 aromatic rings. The van der Waals surface area contributed by atoms with Gasteiger partial charge < -0.3 is 10.3 Å². The molecule has 2 nitrogen and oxygen atoms in total. The summed E-state index contributed by atoms with van der Waals surface area (Å²) < 4.78 is 2.26. The highest BCUT2D eigenvalue weighted by Crippen LogP contribution is 2.45. The lowest BCUT2D eigenvalue weighted by molar-refractivity contribution is 1.04. The SMILES string of the molecule is C/C=C\c1c(N)c2cc(-c3ccc(-c4c5ccccc5c(C5=CCCC=C5)c5ccccc45)cc3-c3ccccc3)ccc2n1-c1ccccc1. The van der Waals surface area contributed by atoms with E-state index in [0.29, 0.717) is 0 Å². The molecule has 51 heavy (non-hydrogen) atoms. The normalized spacial score (nSPS) is 13.1. The van der Waals surface area contributed by atoms with Crippen molar-refractivity contribution in [1.82, 2.24) is 4.57 Å². The van der Waals surface area contributed by atoms with Gasteiger partial charge in [-0.3, -0.25) is 0 Å². The van der Waals surface area contributed by atoms with Crippen molar-refractivity contribution >= 4 is 49.8 Å². The molecule has 1 heterocycles. The zero-order valence-corrected chi connectivity index (χ0v) is 28.7. The van der Waals surface area contributed by atoms with Crippen LogP contribution in [0.4, 0.5) is 5.69 Å². The van der Waals surface area contributed by atoms with Gasteiger partial charge in [-0.05, 0) is 122 Å². The lowest BCUT2D eigenvalue weighted by atomic mass is 9.83. The van der Waals surface area contributed by atoms with Gasteiger partial charge in [0.25, 0.3) is 0 Å². The Labute approximate surface area is 299 Å². The molecule has 0 radical (unpaired) electrons. The van der Waals surface area contributed by atoms with Gasteiger partial charge in [0, 0.05) is 11.1 Å². The Hall–Kier alpha value is -6.38. The lowest BCUT2D eigenvalue weighted by Gasteiger charge is -2.20. The van der Waals surface area contributed by atoms with E-state index in [1.54, 1.807) is 0 Å². The largest absolute Gasteiger partial charge is 0.396 e. The number of nitrogen functional groups attached to an aromatic ring is 1. The van der Waals surface area contributed by atoms with Crippen molar-refractivity contribution in [2.45, 2.75) is 19.8 Å². The molecule has 0 aliphatic heterocycles. The molecule has 0 saturated carbocycles. The summed E-state index contributed by atoms with van der Waals surface area (Å²) in [5.74, 6) is 0. The summed E-state index contributed by atoms with van der Waals surface area (Å²) >= 11 is 0. The molecule has 2 heteroatoms. The molecule has 244 valence electrons. The van der Waals surface area contributed by atoms with Crippen molar-refractivity contribution in [3.05, 3.63) is 181 Å². The molecule has 1 aliphatic rings. The first-order valence-electron chi connectivity index (χ1n) is 17.8. The summed E-state index contributed by atoms with van der Waals surface area (Å²) in [6, 6.07) is 52.8. The third-order valence-corrected chi connectivity index (χ3v) is 10.3. The molecule has 0 saturated heterocycles. The average molecular weight is 655 g/mol. The minimum absolute atomic E-state index is 0.785. The van der Waals surface area contributed by atoms with Gasteiger partial charge in [-0.15, -0.1) is 0 Å². The number of allylic oxidation sites excluding steroid dienone is 5. The lowest BCUT2D eigenvalue weighted by Crippen LogP contribution is -1.97. The molecule has 0 fully saturated rings. The number of hydrogen-bond acceptors (Lipinski definition) is 1. The van der Waals surface area contributed by atoms with Crippen molar-refractivity contribution in [3.8, 4) is 39.1 Å². The van der Waals surface area contributed by atoms with E-state index in [0.717, 1.165) is 46.4 Å². The van der Waals surface area contributed by atoms with E-state index >= 15 is 0 Å². The van der Waals surface area contributed by atoms with Crippen LogP contribution in [0.3, 0.4) is 0 Å². The summed E-state index contributed by atoms with van der Waals surface area (Å²) in [6.45, 7) is 2.04. The van der Waals surface area contributed by atoms with Gasteiger partial charge in [-0.2, -0.15) is 0 Å². The maximum atomic E-state index is 6.95. The summed E-state index contributed by atoms with van der Waals surface area (Å²) in [5.41, 5.74) is 20.7.